The van der Waals surface area contributed by atoms with Crippen LogP contribution in [0.1, 0.15) is 39.6 Å². The molecular formula is C27H23N3O. The Morgan fingerprint density at radius 3 is 2.81 bits per heavy atom. The molecule has 0 saturated heterocycles. The number of hydrogen-bond donors (Lipinski definition) is 1. The number of ether oxygens (including phenoxy) is 1. The predicted molar refractivity (Wildman–Crippen MR) is 121 cm³/mol. The second-order valence-electron chi connectivity index (χ2n) is 8.53. The first kappa shape index (κ1) is 18.2. The Bertz CT molecular complexity index is 1310. The molecule has 3 heterocycles. The third-order valence-electron chi connectivity index (χ3n) is 6.73. The molecule has 0 aliphatic carbocycles. The van der Waals surface area contributed by atoms with Crippen LogP contribution in [0.25, 0.3) is 10.9 Å². The first-order valence-electron chi connectivity index (χ1n) is 10.9. The molecule has 0 amide bonds. The normalized spacial score (nSPS) is 17.5. The standard InChI is InChI=1S/C27H23N3O/c28-15-18-5-7-19(8-6-18)17-31-21-10-9-20-11-12-30-16-26-24(14-27(30)23(20)13-21)22-3-1-2-4-25(22)29-26/h1-10,13,27,29H,11-12,14,16-17H2. The summed E-state index contributed by atoms with van der Waals surface area (Å²) in [6.45, 7) is 2.58. The van der Waals surface area contributed by atoms with Gasteiger partial charge >= 0.3 is 0 Å². The number of aromatic nitrogens is 1. The zero-order valence-electron chi connectivity index (χ0n) is 17.3. The highest BCUT2D eigenvalue weighted by molar-refractivity contribution is 5.85. The van der Waals surface area contributed by atoms with Crippen molar-refractivity contribution in [3.05, 3.63) is 100 Å². The minimum Gasteiger partial charge on any atom is -0.489 e. The minimum absolute atomic E-state index is 0.397. The first-order valence-corrected chi connectivity index (χ1v) is 10.9. The van der Waals surface area contributed by atoms with Gasteiger partial charge in [-0.2, -0.15) is 5.26 Å². The summed E-state index contributed by atoms with van der Waals surface area (Å²) in [6, 6.07) is 25.4. The van der Waals surface area contributed by atoms with E-state index in [1.807, 2.05) is 24.3 Å². The van der Waals surface area contributed by atoms with Gasteiger partial charge in [0.25, 0.3) is 0 Å². The smallest absolute Gasteiger partial charge is 0.120 e. The van der Waals surface area contributed by atoms with Crippen molar-refractivity contribution in [1.29, 1.82) is 5.26 Å². The molecule has 4 aromatic rings. The topological polar surface area (TPSA) is 52.0 Å². The molecule has 152 valence electrons. The number of nitrogens with one attached hydrogen (secondary N) is 1. The second kappa shape index (κ2) is 7.30. The SMILES string of the molecule is N#Cc1ccc(COc2ccc3c(c2)C2Cc4c([nH]c5ccccc45)CN2CC3)cc1. The first-order chi connectivity index (χ1) is 15.3. The van der Waals surface area contributed by atoms with Crippen molar-refractivity contribution in [3.8, 4) is 11.8 Å². The van der Waals surface area contributed by atoms with E-state index in [9.17, 15) is 0 Å². The van der Waals surface area contributed by atoms with Crippen LogP contribution in [0, 0.1) is 11.3 Å². The lowest BCUT2D eigenvalue weighted by Gasteiger charge is -2.40. The summed E-state index contributed by atoms with van der Waals surface area (Å²) in [5, 5.41) is 10.3. The molecule has 1 aromatic heterocycles. The number of para-hydroxylation sites is 1. The molecular weight excluding hydrogens is 382 g/mol. The number of benzene rings is 3. The quantitative estimate of drug-likeness (QED) is 0.505. The Morgan fingerprint density at radius 2 is 1.94 bits per heavy atom. The summed E-state index contributed by atoms with van der Waals surface area (Å²) in [4.78, 5) is 6.25. The van der Waals surface area contributed by atoms with Crippen LogP contribution in [0.2, 0.25) is 0 Å². The lowest BCUT2D eigenvalue weighted by atomic mass is 9.85. The number of hydrogen-bond acceptors (Lipinski definition) is 3. The van der Waals surface area contributed by atoms with Crippen LogP contribution in [0.4, 0.5) is 0 Å². The van der Waals surface area contributed by atoms with Crippen molar-refractivity contribution in [2.45, 2.75) is 32.0 Å². The van der Waals surface area contributed by atoms with Crippen molar-refractivity contribution < 1.29 is 4.74 Å². The largest absolute Gasteiger partial charge is 0.489 e. The van der Waals surface area contributed by atoms with Gasteiger partial charge < -0.3 is 9.72 Å². The Labute approximate surface area is 181 Å². The molecule has 0 fully saturated rings. The molecule has 1 atom stereocenters. The summed E-state index contributed by atoms with van der Waals surface area (Å²) in [5.74, 6) is 0.912. The second-order valence-corrected chi connectivity index (χ2v) is 8.53. The Kier molecular flexibility index (Phi) is 4.29. The zero-order chi connectivity index (χ0) is 20.8. The van der Waals surface area contributed by atoms with Crippen molar-refractivity contribution >= 4 is 10.9 Å². The van der Waals surface area contributed by atoms with Gasteiger partial charge in [0.05, 0.1) is 11.6 Å². The number of fused-ring (bicyclic) bond motifs is 6. The van der Waals surface area contributed by atoms with Gasteiger partial charge in [-0.1, -0.05) is 36.4 Å². The third kappa shape index (κ3) is 3.19. The molecule has 1 N–H and O–H groups in total. The van der Waals surface area contributed by atoms with Crippen molar-refractivity contribution in [3.63, 3.8) is 0 Å². The maximum absolute atomic E-state index is 8.96. The number of H-pyrrole nitrogens is 1. The molecule has 0 radical (unpaired) electrons. The van der Waals surface area contributed by atoms with Gasteiger partial charge in [0.1, 0.15) is 12.4 Å². The Morgan fingerprint density at radius 1 is 1.06 bits per heavy atom. The molecule has 0 spiro atoms. The summed E-state index contributed by atoms with van der Waals surface area (Å²) in [6.07, 6.45) is 2.11. The summed E-state index contributed by atoms with van der Waals surface area (Å²) >= 11 is 0. The van der Waals surface area contributed by atoms with E-state index in [1.165, 1.54) is 33.3 Å². The number of nitriles is 1. The molecule has 2 aliphatic rings. The van der Waals surface area contributed by atoms with Crippen LogP contribution in [0.5, 0.6) is 5.75 Å². The molecule has 6 rings (SSSR count). The zero-order valence-corrected chi connectivity index (χ0v) is 17.3. The number of rotatable bonds is 3. The highest BCUT2D eigenvalue weighted by Crippen LogP contribution is 2.41. The van der Waals surface area contributed by atoms with E-state index in [2.05, 4.69) is 58.4 Å². The molecule has 31 heavy (non-hydrogen) atoms. The van der Waals surface area contributed by atoms with Crippen molar-refractivity contribution in [1.82, 2.24) is 9.88 Å². The maximum Gasteiger partial charge on any atom is 0.120 e. The van der Waals surface area contributed by atoms with Gasteiger partial charge in [-0.05, 0) is 65.4 Å². The van der Waals surface area contributed by atoms with Gasteiger partial charge in [0, 0.05) is 35.7 Å². The predicted octanol–water partition coefficient (Wildman–Crippen LogP) is 5.27. The number of nitrogens with zero attached hydrogens (tertiary/aromatic N) is 2. The summed E-state index contributed by atoms with van der Waals surface area (Å²) < 4.78 is 6.13. The molecule has 3 aromatic carbocycles. The molecule has 4 heteroatoms. The fourth-order valence-corrected chi connectivity index (χ4v) is 5.11. The summed E-state index contributed by atoms with van der Waals surface area (Å²) in [5.41, 5.74) is 8.66. The van der Waals surface area contributed by atoms with Gasteiger partial charge in [0.2, 0.25) is 0 Å². The van der Waals surface area contributed by atoms with Crippen LogP contribution in [-0.4, -0.2) is 16.4 Å². The Hall–Kier alpha value is -3.55. The fraction of sp³-hybridized carbons (Fsp3) is 0.222. The van der Waals surface area contributed by atoms with E-state index in [0.717, 1.165) is 37.2 Å². The monoisotopic (exact) mass is 405 g/mol. The molecule has 4 nitrogen and oxygen atoms in total. The van der Waals surface area contributed by atoms with Gasteiger partial charge in [-0.15, -0.1) is 0 Å². The van der Waals surface area contributed by atoms with E-state index in [0.29, 0.717) is 18.2 Å². The van der Waals surface area contributed by atoms with Gasteiger partial charge in [0.15, 0.2) is 0 Å². The lowest BCUT2D eigenvalue weighted by Crippen LogP contribution is -2.39. The Balaban J connectivity index is 1.28. The van der Waals surface area contributed by atoms with Crippen LogP contribution in [0.3, 0.4) is 0 Å². The van der Waals surface area contributed by atoms with Crippen LogP contribution in [0.15, 0.2) is 66.7 Å². The highest BCUT2D eigenvalue weighted by atomic mass is 16.5. The number of aromatic amines is 1. The third-order valence-corrected chi connectivity index (χ3v) is 6.73. The molecule has 0 bridgehead atoms. The fourth-order valence-electron chi connectivity index (χ4n) is 5.11. The van der Waals surface area contributed by atoms with E-state index >= 15 is 0 Å². The minimum atomic E-state index is 0.397. The van der Waals surface area contributed by atoms with Crippen molar-refractivity contribution in [2.24, 2.45) is 0 Å². The van der Waals surface area contributed by atoms with Crippen molar-refractivity contribution in [2.75, 3.05) is 6.54 Å². The van der Waals surface area contributed by atoms with E-state index in [4.69, 9.17) is 10.00 Å². The van der Waals surface area contributed by atoms with Crippen LogP contribution < -0.4 is 4.74 Å². The van der Waals surface area contributed by atoms with Gasteiger partial charge in [-0.25, -0.2) is 0 Å². The highest BCUT2D eigenvalue weighted by Gasteiger charge is 2.33. The van der Waals surface area contributed by atoms with Gasteiger partial charge in [-0.3, -0.25) is 4.90 Å². The van der Waals surface area contributed by atoms with E-state index in [1.54, 1.807) is 0 Å². The lowest BCUT2D eigenvalue weighted by molar-refractivity contribution is 0.159. The average molecular weight is 406 g/mol. The molecule has 0 saturated carbocycles. The maximum atomic E-state index is 8.96. The average Bonchev–Trinajstić information content (AvgIpc) is 3.19. The summed E-state index contributed by atoms with van der Waals surface area (Å²) in [7, 11) is 0. The van der Waals surface area contributed by atoms with E-state index in [-0.39, 0.29) is 0 Å². The van der Waals surface area contributed by atoms with E-state index < -0.39 is 0 Å². The van der Waals surface area contributed by atoms with Crippen LogP contribution >= 0.6 is 0 Å². The molecule has 1 unspecified atom stereocenters. The van der Waals surface area contributed by atoms with Crippen LogP contribution in [-0.2, 0) is 26.0 Å². The molecule has 2 aliphatic heterocycles.